The quantitative estimate of drug-likeness (QED) is 0.747. The van der Waals surface area contributed by atoms with Crippen LogP contribution in [0.25, 0.3) is 0 Å². The van der Waals surface area contributed by atoms with Gasteiger partial charge in [0.1, 0.15) is 17.1 Å². The van der Waals surface area contributed by atoms with E-state index in [0.29, 0.717) is 28.8 Å². The van der Waals surface area contributed by atoms with Gasteiger partial charge in [-0.3, -0.25) is 4.79 Å². The van der Waals surface area contributed by atoms with Crippen molar-refractivity contribution in [3.05, 3.63) is 53.2 Å². The van der Waals surface area contributed by atoms with E-state index in [1.807, 2.05) is 0 Å². The van der Waals surface area contributed by atoms with Crippen LogP contribution in [-0.4, -0.2) is 47.0 Å². The molecule has 0 saturated carbocycles. The Morgan fingerprint density at radius 2 is 2.28 bits per heavy atom. The first-order valence-electron chi connectivity index (χ1n) is 9.26. The second-order valence-electron chi connectivity index (χ2n) is 7.08. The zero-order valence-corrected chi connectivity index (χ0v) is 16.7. The summed E-state index contributed by atoms with van der Waals surface area (Å²) in [6.07, 6.45) is 3.62. The van der Waals surface area contributed by atoms with Crippen molar-refractivity contribution in [2.24, 2.45) is 16.6 Å². The van der Waals surface area contributed by atoms with Crippen molar-refractivity contribution in [1.82, 2.24) is 9.97 Å². The zero-order valence-electron chi connectivity index (χ0n) is 15.9. The summed E-state index contributed by atoms with van der Waals surface area (Å²) in [5.74, 6) is 0.640. The Bertz CT molecular complexity index is 953. The number of fused-ring (bicyclic) bond motifs is 1. The molecule has 9 heteroatoms. The minimum atomic E-state index is -0.851. The molecule has 2 aliphatic rings. The molecule has 0 radical (unpaired) electrons. The van der Waals surface area contributed by atoms with Gasteiger partial charge in [0.15, 0.2) is 11.0 Å². The number of aromatic nitrogens is 2. The van der Waals surface area contributed by atoms with Gasteiger partial charge in [-0.15, -0.1) is 0 Å². The molecule has 4 rings (SSSR count). The van der Waals surface area contributed by atoms with Gasteiger partial charge in [-0.25, -0.2) is 19.4 Å². The van der Waals surface area contributed by atoms with Crippen molar-refractivity contribution >= 4 is 22.7 Å². The van der Waals surface area contributed by atoms with Gasteiger partial charge in [0.05, 0.1) is 26.1 Å². The molecular formula is C20H21FN4O3S. The number of halogens is 1. The average Bonchev–Trinajstić information content (AvgIpc) is 2.74. The van der Waals surface area contributed by atoms with Crippen molar-refractivity contribution < 1.29 is 18.7 Å². The van der Waals surface area contributed by atoms with E-state index in [1.54, 1.807) is 12.1 Å². The van der Waals surface area contributed by atoms with Crippen LogP contribution in [0.5, 0.6) is 5.88 Å². The summed E-state index contributed by atoms with van der Waals surface area (Å²) in [5.41, 5.74) is 6.47. The molecule has 2 aromatic rings. The number of methoxy groups -OCH3 is 1. The molecule has 0 spiro atoms. The van der Waals surface area contributed by atoms with Crippen LogP contribution < -0.4 is 10.5 Å². The number of hydrogen-bond acceptors (Lipinski definition) is 8. The third kappa shape index (κ3) is 3.84. The van der Waals surface area contributed by atoms with Gasteiger partial charge in [-0.2, -0.15) is 0 Å². The fraction of sp³-hybridized carbons (Fsp3) is 0.400. The molecule has 0 amide bonds. The number of thioether (sulfide) groups is 1. The van der Waals surface area contributed by atoms with Gasteiger partial charge in [0.2, 0.25) is 5.88 Å². The summed E-state index contributed by atoms with van der Waals surface area (Å²) in [6.45, 7) is 0.898. The number of carbonyl (C=O) groups is 1. The van der Waals surface area contributed by atoms with Gasteiger partial charge in [-0.05, 0) is 24.1 Å². The van der Waals surface area contributed by atoms with Crippen LogP contribution in [0.1, 0.15) is 28.0 Å². The van der Waals surface area contributed by atoms with Crippen LogP contribution >= 0.6 is 11.8 Å². The standard InChI is InChI=1S/C20H21FN4O3S/c1-27-18-9-23-16(8-24-18)17(26)7-12-2-3-15(21)14(6-12)20-11-28-5-4-13(20)10-29-19(22)25-20/h2-3,6,8-9,13H,4-5,7,10-11H2,1H3,(H2,22,25)/t13-,20-/m0/s1. The van der Waals surface area contributed by atoms with Gasteiger partial charge < -0.3 is 15.2 Å². The van der Waals surface area contributed by atoms with E-state index in [9.17, 15) is 9.18 Å². The Hall–Kier alpha value is -2.52. The number of carbonyl (C=O) groups excluding carboxylic acids is 1. The number of benzene rings is 1. The molecule has 0 unspecified atom stereocenters. The van der Waals surface area contributed by atoms with Crippen LogP contribution in [0.15, 0.2) is 35.6 Å². The van der Waals surface area contributed by atoms with Crippen molar-refractivity contribution in [2.45, 2.75) is 18.4 Å². The molecule has 1 aromatic heterocycles. The van der Waals surface area contributed by atoms with Crippen molar-refractivity contribution in [1.29, 1.82) is 0 Å². The maximum atomic E-state index is 14.9. The van der Waals surface area contributed by atoms with E-state index in [0.717, 1.165) is 12.2 Å². The highest BCUT2D eigenvalue weighted by atomic mass is 32.2. The van der Waals surface area contributed by atoms with E-state index >= 15 is 0 Å². The molecule has 0 aliphatic carbocycles. The molecular weight excluding hydrogens is 395 g/mol. The van der Waals surface area contributed by atoms with Crippen LogP contribution in [-0.2, 0) is 16.7 Å². The second kappa shape index (κ2) is 8.08. The molecule has 2 aliphatic heterocycles. The molecule has 1 aromatic carbocycles. The molecule has 2 N–H and O–H groups in total. The Labute approximate surface area is 171 Å². The molecule has 29 heavy (non-hydrogen) atoms. The summed E-state index contributed by atoms with van der Waals surface area (Å²) in [6, 6.07) is 4.69. The molecule has 152 valence electrons. The maximum Gasteiger partial charge on any atom is 0.232 e. The van der Waals surface area contributed by atoms with Gasteiger partial charge in [0, 0.05) is 30.3 Å². The van der Waals surface area contributed by atoms with Gasteiger partial charge in [0.25, 0.3) is 0 Å². The number of rotatable bonds is 5. The molecule has 2 atom stereocenters. The number of ketones is 1. The molecule has 0 bridgehead atoms. The second-order valence-corrected chi connectivity index (χ2v) is 8.12. The van der Waals surface area contributed by atoms with E-state index < -0.39 is 5.54 Å². The number of ether oxygens (including phenoxy) is 2. The van der Waals surface area contributed by atoms with Gasteiger partial charge in [-0.1, -0.05) is 17.8 Å². The van der Waals surface area contributed by atoms with Crippen LogP contribution in [0.2, 0.25) is 0 Å². The highest BCUT2D eigenvalue weighted by molar-refractivity contribution is 8.13. The summed E-state index contributed by atoms with van der Waals surface area (Å²) in [7, 11) is 1.48. The number of Topliss-reactive ketones (excluding diaryl/α,β-unsaturated/α-hetero) is 1. The van der Waals surface area contributed by atoms with Crippen molar-refractivity contribution in [2.75, 3.05) is 26.1 Å². The lowest BCUT2D eigenvalue weighted by Gasteiger charge is -2.43. The predicted molar refractivity (Wildman–Crippen MR) is 108 cm³/mol. The minimum Gasteiger partial charge on any atom is -0.480 e. The average molecular weight is 416 g/mol. The summed E-state index contributed by atoms with van der Waals surface area (Å²) >= 11 is 1.49. The largest absolute Gasteiger partial charge is 0.480 e. The predicted octanol–water partition coefficient (Wildman–Crippen LogP) is 2.34. The fourth-order valence-corrected chi connectivity index (χ4v) is 4.82. The summed E-state index contributed by atoms with van der Waals surface area (Å²) < 4.78 is 25.5. The Morgan fingerprint density at radius 3 is 3.03 bits per heavy atom. The van der Waals surface area contributed by atoms with E-state index in [4.69, 9.17) is 15.2 Å². The monoisotopic (exact) mass is 416 g/mol. The third-order valence-corrected chi connectivity index (χ3v) is 6.29. The lowest BCUT2D eigenvalue weighted by atomic mass is 9.76. The molecule has 1 fully saturated rings. The topological polar surface area (TPSA) is 99.7 Å². The maximum absolute atomic E-state index is 14.9. The lowest BCUT2D eigenvalue weighted by molar-refractivity contribution is 0.00298. The van der Waals surface area contributed by atoms with Crippen LogP contribution in [0.4, 0.5) is 4.39 Å². The number of amidine groups is 1. The van der Waals surface area contributed by atoms with Crippen molar-refractivity contribution in [3.8, 4) is 5.88 Å². The highest BCUT2D eigenvalue weighted by Gasteiger charge is 2.47. The smallest absolute Gasteiger partial charge is 0.232 e. The van der Waals surface area contributed by atoms with E-state index in [-0.39, 0.29) is 36.2 Å². The number of hydrogen-bond donors (Lipinski definition) is 1. The van der Waals surface area contributed by atoms with E-state index in [1.165, 1.54) is 37.3 Å². The van der Waals surface area contributed by atoms with Crippen LogP contribution in [0, 0.1) is 11.7 Å². The Balaban J connectivity index is 1.65. The number of nitrogens with two attached hydrogens (primary N) is 1. The normalized spacial score (nSPS) is 23.8. The molecule has 3 heterocycles. The number of nitrogens with zero attached hydrogens (tertiary/aromatic N) is 3. The fourth-order valence-electron chi connectivity index (χ4n) is 3.78. The zero-order chi connectivity index (χ0) is 20.4. The number of aliphatic imine (C=N–C) groups is 1. The SMILES string of the molecule is COc1cnc(C(=O)Cc2ccc(F)c([C@]34COCC[C@H]3CSC(N)=N4)c2)cn1. The van der Waals surface area contributed by atoms with Gasteiger partial charge >= 0.3 is 0 Å². The van der Waals surface area contributed by atoms with Crippen LogP contribution in [0.3, 0.4) is 0 Å². The first-order chi connectivity index (χ1) is 14.0. The molecule has 1 saturated heterocycles. The first-order valence-corrected chi connectivity index (χ1v) is 10.2. The third-order valence-electron chi connectivity index (χ3n) is 5.34. The van der Waals surface area contributed by atoms with E-state index in [2.05, 4.69) is 15.0 Å². The molecule has 7 nitrogen and oxygen atoms in total. The Kier molecular flexibility index (Phi) is 5.51. The van der Waals surface area contributed by atoms with Crippen molar-refractivity contribution in [3.63, 3.8) is 0 Å². The summed E-state index contributed by atoms with van der Waals surface area (Å²) in [5, 5.41) is 0.432. The summed E-state index contributed by atoms with van der Waals surface area (Å²) in [4.78, 5) is 25.3. The first kappa shape index (κ1) is 19.8. The lowest BCUT2D eigenvalue weighted by Crippen LogP contribution is -2.48. The highest BCUT2D eigenvalue weighted by Crippen LogP contribution is 2.45. The minimum absolute atomic E-state index is 0.0733. The Morgan fingerprint density at radius 1 is 1.41 bits per heavy atom.